The normalized spacial score (nSPS) is 25.8. The number of imidazole rings is 1. The summed E-state index contributed by atoms with van der Waals surface area (Å²) in [5.41, 5.74) is 0.447. The van der Waals surface area contributed by atoms with Gasteiger partial charge >= 0.3 is 6.03 Å². The molecular formula is C29H41N7O5. The molecule has 12 heteroatoms. The Morgan fingerprint density at radius 3 is 2.78 bits per heavy atom. The first-order chi connectivity index (χ1) is 19.8. The van der Waals surface area contributed by atoms with Crippen molar-refractivity contribution in [3.05, 3.63) is 48.0 Å². The molecule has 0 aliphatic carbocycles. The van der Waals surface area contributed by atoms with Crippen molar-refractivity contribution in [1.82, 2.24) is 35.3 Å². The van der Waals surface area contributed by atoms with Gasteiger partial charge in [0.05, 0.1) is 37.0 Å². The molecule has 3 N–H and O–H groups in total. The zero-order chi connectivity index (χ0) is 28.9. The van der Waals surface area contributed by atoms with E-state index in [1.807, 2.05) is 43.8 Å². The number of nitrogens with zero attached hydrogens (tertiary/aromatic N) is 4. The number of urea groups is 1. The number of para-hydroxylation sites is 1. The highest BCUT2D eigenvalue weighted by Gasteiger charge is 2.39. The smallest absolute Gasteiger partial charge is 0.315 e. The van der Waals surface area contributed by atoms with E-state index in [0.717, 1.165) is 18.7 Å². The van der Waals surface area contributed by atoms with Crippen LogP contribution in [0.2, 0.25) is 0 Å². The standard InChI is InChI=1S/C29H41N7O5/c1-19(2)32-29(39)33-22-9-8-20-10-15-40-24-7-5-4-6-21(24)28(38)36-14-13-35(18-26-30-11-12-34(26)3)17-23(36)27(37)31-16-25(22)41-20/h4-7,11-12,19-20,22-23,25H,8-10,13-18H2,1-3H3,(H,31,37)(H2,32,33,39)/t20-,22+,23-,25+/m0/s1. The highest BCUT2D eigenvalue weighted by molar-refractivity contribution is 6.00. The molecule has 2 fully saturated rings. The number of hydrogen-bond acceptors (Lipinski definition) is 7. The number of fused-ring (bicyclic) bond motifs is 4. The Morgan fingerprint density at radius 2 is 2.00 bits per heavy atom. The molecule has 1 aromatic carbocycles. The highest BCUT2D eigenvalue weighted by Crippen LogP contribution is 2.26. The van der Waals surface area contributed by atoms with Crippen LogP contribution in [0.1, 0.15) is 49.3 Å². The second-order valence-electron chi connectivity index (χ2n) is 11.3. The molecule has 3 aliphatic rings. The number of rotatable bonds is 4. The lowest BCUT2D eigenvalue weighted by atomic mass is 9.96. The molecule has 0 spiro atoms. The summed E-state index contributed by atoms with van der Waals surface area (Å²) in [6.45, 7) is 6.34. The van der Waals surface area contributed by atoms with E-state index < -0.39 is 12.1 Å². The van der Waals surface area contributed by atoms with Gasteiger partial charge in [-0.2, -0.15) is 0 Å². The zero-order valence-corrected chi connectivity index (χ0v) is 24.0. The monoisotopic (exact) mass is 567 g/mol. The molecular weight excluding hydrogens is 526 g/mol. The van der Waals surface area contributed by atoms with Gasteiger partial charge in [0, 0.05) is 58.1 Å². The van der Waals surface area contributed by atoms with Gasteiger partial charge in [-0.1, -0.05) is 12.1 Å². The topological polar surface area (TPSA) is 130 Å². The molecule has 2 saturated heterocycles. The number of aryl methyl sites for hydroxylation is 1. The van der Waals surface area contributed by atoms with Gasteiger partial charge in [0.15, 0.2) is 0 Å². The Hall–Kier alpha value is -3.64. The lowest BCUT2D eigenvalue weighted by molar-refractivity contribution is -0.130. The molecule has 41 heavy (non-hydrogen) atoms. The Kier molecular flexibility index (Phi) is 9.09. The Bertz CT molecular complexity index is 1230. The second kappa shape index (κ2) is 12.9. The van der Waals surface area contributed by atoms with Crippen molar-refractivity contribution in [3.8, 4) is 5.75 Å². The number of benzene rings is 1. The highest BCUT2D eigenvalue weighted by atomic mass is 16.5. The molecule has 0 saturated carbocycles. The van der Waals surface area contributed by atoms with Gasteiger partial charge in [0.25, 0.3) is 5.91 Å². The minimum absolute atomic E-state index is 0.000452. The summed E-state index contributed by atoms with van der Waals surface area (Å²) in [5.74, 6) is 0.909. The average Bonchev–Trinajstić information content (AvgIpc) is 3.35. The van der Waals surface area contributed by atoms with Crippen molar-refractivity contribution >= 4 is 17.8 Å². The number of amides is 4. The molecule has 3 aliphatic heterocycles. The summed E-state index contributed by atoms with van der Waals surface area (Å²) in [6.07, 6.45) is 5.24. The van der Waals surface area contributed by atoms with Gasteiger partial charge in [-0.05, 0) is 38.8 Å². The number of ether oxygens (including phenoxy) is 2. The van der Waals surface area contributed by atoms with Crippen molar-refractivity contribution in [2.75, 3.05) is 32.8 Å². The van der Waals surface area contributed by atoms with E-state index in [1.54, 1.807) is 23.2 Å². The fraction of sp³-hybridized carbons (Fsp3) is 0.586. The van der Waals surface area contributed by atoms with Gasteiger partial charge in [-0.25, -0.2) is 9.78 Å². The summed E-state index contributed by atoms with van der Waals surface area (Å²) in [5, 5.41) is 8.96. The van der Waals surface area contributed by atoms with Crippen LogP contribution in [-0.4, -0.2) is 100 Å². The van der Waals surface area contributed by atoms with E-state index in [1.165, 1.54) is 0 Å². The van der Waals surface area contributed by atoms with Gasteiger partial charge in [-0.15, -0.1) is 0 Å². The largest absolute Gasteiger partial charge is 0.493 e. The molecule has 5 rings (SSSR count). The maximum Gasteiger partial charge on any atom is 0.315 e. The number of hydrogen-bond donors (Lipinski definition) is 3. The minimum atomic E-state index is -0.720. The predicted molar refractivity (Wildman–Crippen MR) is 151 cm³/mol. The number of carbonyl (C=O) groups is 3. The van der Waals surface area contributed by atoms with Crippen LogP contribution in [0.4, 0.5) is 4.79 Å². The van der Waals surface area contributed by atoms with Crippen LogP contribution < -0.4 is 20.7 Å². The van der Waals surface area contributed by atoms with Crippen LogP contribution in [0.5, 0.6) is 5.75 Å². The number of carbonyl (C=O) groups excluding carboxylic acids is 3. The Balaban J connectivity index is 1.38. The van der Waals surface area contributed by atoms with Crippen molar-refractivity contribution in [1.29, 1.82) is 0 Å². The van der Waals surface area contributed by atoms with Gasteiger partial charge in [-0.3, -0.25) is 14.5 Å². The maximum atomic E-state index is 13.9. The van der Waals surface area contributed by atoms with Gasteiger partial charge in [0.2, 0.25) is 5.91 Å². The molecule has 222 valence electrons. The van der Waals surface area contributed by atoms with E-state index in [2.05, 4.69) is 25.8 Å². The van der Waals surface area contributed by atoms with Gasteiger partial charge in [0.1, 0.15) is 17.6 Å². The van der Waals surface area contributed by atoms with Crippen LogP contribution >= 0.6 is 0 Å². The first-order valence-electron chi connectivity index (χ1n) is 14.5. The van der Waals surface area contributed by atoms with Crippen molar-refractivity contribution in [2.24, 2.45) is 7.05 Å². The molecule has 2 bridgehead atoms. The fourth-order valence-corrected chi connectivity index (χ4v) is 5.74. The molecule has 4 atom stereocenters. The Morgan fingerprint density at radius 1 is 1.17 bits per heavy atom. The molecule has 12 nitrogen and oxygen atoms in total. The van der Waals surface area contributed by atoms with E-state index in [4.69, 9.17) is 9.47 Å². The molecule has 4 amide bonds. The SMILES string of the molecule is CC(C)NC(=O)N[C@@H]1CC[C@H]2CCOc3ccccc3C(=O)N3CCN(Cc4nccn4C)C[C@H]3C(=O)NC[C@H]1O2. The van der Waals surface area contributed by atoms with Crippen LogP contribution in [-0.2, 0) is 23.1 Å². The second-order valence-corrected chi connectivity index (χ2v) is 11.3. The summed E-state index contributed by atoms with van der Waals surface area (Å²) >= 11 is 0. The minimum Gasteiger partial charge on any atom is -0.493 e. The summed E-state index contributed by atoms with van der Waals surface area (Å²) in [7, 11) is 1.94. The van der Waals surface area contributed by atoms with Crippen molar-refractivity contribution < 1.29 is 23.9 Å². The Labute approximate surface area is 240 Å². The maximum absolute atomic E-state index is 13.9. The van der Waals surface area contributed by atoms with E-state index in [-0.39, 0.29) is 42.6 Å². The predicted octanol–water partition coefficient (Wildman–Crippen LogP) is 1.27. The molecule has 1 aromatic heterocycles. The summed E-state index contributed by atoms with van der Waals surface area (Å²) in [6, 6.07) is 5.97. The fourth-order valence-electron chi connectivity index (χ4n) is 5.74. The van der Waals surface area contributed by atoms with Crippen molar-refractivity contribution in [3.63, 3.8) is 0 Å². The van der Waals surface area contributed by atoms with E-state index in [0.29, 0.717) is 50.5 Å². The lowest BCUT2D eigenvalue weighted by Crippen LogP contribution is -2.62. The number of aromatic nitrogens is 2. The van der Waals surface area contributed by atoms with E-state index >= 15 is 0 Å². The van der Waals surface area contributed by atoms with Crippen LogP contribution in [0.3, 0.4) is 0 Å². The van der Waals surface area contributed by atoms with Gasteiger partial charge < -0.3 is 34.9 Å². The summed E-state index contributed by atoms with van der Waals surface area (Å²) < 4.78 is 14.5. The number of piperazine rings is 1. The molecule has 0 unspecified atom stereocenters. The number of nitrogens with one attached hydrogen (secondary N) is 3. The van der Waals surface area contributed by atoms with Crippen LogP contribution in [0, 0.1) is 0 Å². The third-order valence-corrected chi connectivity index (χ3v) is 7.96. The van der Waals surface area contributed by atoms with Crippen LogP contribution in [0.25, 0.3) is 0 Å². The average molecular weight is 568 g/mol. The molecule has 2 aromatic rings. The van der Waals surface area contributed by atoms with Crippen LogP contribution in [0.15, 0.2) is 36.7 Å². The molecule has 4 heterocycles. The first-order valence-corrected chi connectivity index (χ1v) is 14.5. The third kappa shape index (κ3) is 6.99. The zero-order valence-electron chi connectivity index (χ0n) is 24.0. The lowest BCUT2D eigenvalue weighted by Gasteiger charge is -2.41. The molecule has 0 radical (unpaired) electrons. The van der Waals surface area contributed by atoms with E-state index in [9.17, 15) is 14.4 Å². The quantitative estimate of drug-likeness (QED) is 0.507. The third-order valence-electron chi connectivity index (χ3n) is 7.96. The van der Waals surface area contributed by atoms with Crippen molar-refractivity contribution in [2.45, 2.75) is 70.0 Å². The first kappa shape index (κ1) is 28.9. The summed E-state index contributed by atoms with van der Waals surface area (Å²) in [4.78, 5) is 48.4.